The van der Waals surface area contributed by atoms with Crippen LogP contribution < -0.4 is 5.73 Å². The van der Waals surface area contributed by atoms with Crippen molar-refractivity contribution in [3.63, 3.8) is 0 Å². The first-order chi connectivity index (χ1) is 7.78. The number of hydrogen-bond donors (Lipinski definition) is 1. The smallest absolute Gasteiger partial charge is 0.118 e. The molecule has 0 spiro atoms. The van der Waals surface area contributed by atoms with Crippen molar-refractivity contribution in [1.29, 1.82) is 0 Å². The molecule has 0 aromatic carbocycles. The van der Waals surface area contributed by atoms with Gasteiger partial charge in [-0.3, -0.25) is 4.90 Å². The van der Waals surface area contributed by atoms with Crippen molar-refractivity contribution >= 4 is 0 Å². The summed E-state index contributed by atoms with van der Waals surface area (Å²) >= 11 is 0. The Balaban J connectivity index is 1.89. The van der Waals surface area contributed by atoms with Crippen LogP contribution in [0.5, 0.6) is 0 Å². The zero-order valence-corrected chi connectivity index (χ0v) is 9.35. The van der Waals surface area contributed by atoms with Gasteiger partial charge in [-0.05, 0) is 25.2 Å². The van der Waals surface area contributed by atoms with Gasteiger partial charge in [-0.25, -0.2) is 0 Å². The Bertz CT molecular complexity index is 420. The lowest BCUT2D eigenvalue weighted by Gasteiger charge is -2.13. The third-order valence-corrected chi connectivity index (χ3v) is 2.38. The molecule has 2 aromatic rings. The minimum atomic E-state index is 0.450. The molecule has 2 N–H and O–H groups in total. The number of furan rings is 2. The summed E-state index contributed by atoms with van der Waals surface area (Å²) in [7, 11) is 2.04. The standard InChI is InChI=1S/C12H16N2O2/c1-14(7-10-4-5-15-9-10)8-12-3-2-11(6-13)16-12/h2-5,9H,6-8,13H2,1H3. The fourth-order valence-electron chi connectivity index (χ4n) is 1.63. The van der Waals surface area contributed by atoms with Gasteiger partial charge in [0.15, 0.2) is 0 Å². The van der Waals surface area contributed by atoms with Crippen molar-refractivity contribution in [3.8, 4) is 0 Å². The lowest BCUT2D eigenvalue weighted by Crippen LogP contribution is -2.16. The van der Waals surface area contributed by atoms with E-state index in [4.69, 9.17) is 14.6 Å². The highest BCUT2D eigenvalue weighted by molar-refractivity contribution is 5.08. The van der Waals surface area contributed by atoms with Gasteiger partial charge in [0.1, 0.15) is 11.5 Å². The Kier molecular flexibility index (Phi) is 3.44. The van der Waals surface area contributed by atoms with E-state index in [0.29, 0.717) is 6.54 Å². The summed E-state index contributed by atoms with van der Waals surface area (Å²) in [6, 6.07) is 5.85. The van der Waals surface area contributed by atoms with Crippen LogP contribution >= 0.6 is 0 Å². The molecule has 0 aliphatic heterocycles. The first-order valence-corrected chi connectivity index (χ1v) is 5.25. The number of nitrogens with zero attached hydrogens (tertiary/aromatic N) is 1. The summed E-state index contributed by atoms with van der Waals surface area (Å²) in [5.74, 6) is 1.76. The second-order valence-corrected chi connectivity index (χ2v) is 3.88. The van der Waals surface area contributed by atoms with E-state index in [1.807, 2.05) is 25.2 Å². The predicted octanol–water partition coefficient (Wildman–Crippen LogP) is 1.96. The van der Waals surface area contributed by atoms with Gasteiger partial charge in [0.25, 0.3) is 0 Å². The third kappa shape index (κ3) is 2.74. The molecular weight excluding hydrogens is 204 g/mol. The van der Waals surface area contributed by atoms with Gasteiger partial charge < -0.3 is 14.6 Å². The van der Waals surface area contributed by atoms with Crippen LogP contribution in [-0.4, -0.2) is 11.9 Å². The van der Waals surface area contributed by atoms with Crippen LogP contribution in [0.3, 0.4) is 0 Å². The Morgan fingerprint density at radius 2 is 2.00 bits per heavy atom. The maximum atomic E-state index is 5.53. The van der Waals surface area contributed by atoms with Crippen LogP contribution in [0.4, 0.5) is 0 Å². The number of nitrogens with two attached hydrogens (primary N) is 1. The first kappa shape index (κ1) is 11.0. The van der Waals surface area contributed by atoms with Crippen LogP contribution in [0.2, 0.25) is 0 Å². The summed E-state index contributed by atoms with van der Waals surface area (Å²) in [4.78, 5) is 2.16. The average molecular weight is 220 g/mol. The van der Waals surface area contributed by atoms with Gasteiger partial charge in [0.2, 0.25) is 0 Å². The molecule has 0 aliphatic rings. The highest BCUT2D eigenvalue weighted by atomic mass is 16.3. The molecule has 0 unspecified atom stereocenters. The van der Waals surface area contributed by atoms with E-state index in [0.717, 1.165) is 30.2 Å². The van der Waals surface area contributed by atoms with Gasteiger partial charge in [0, 0.05) is 12.1 Å². The zero-order chi connectivity index (χ0) is 11.4. The van der Waals surface area contributed by atoms with Crippen molar-refractivity contribution < 1.29 is 8.83 Å². The topological polar surface area (TPSA) is 55.5 Å². The molecule has 0 aliphatic carbocycles. The molecule has 2 rings (SSSR count). The van der Waals surface area contributed by atoms with E-state index in [2.05, 4.69) is 4.90 Å². The molecule has 0 radical (unpaired) electrons. The second kappa shape index (κ2) is 5.01. The Hall–Kier alpha value is -1.52. The molecule has 0 saturated carbocycles. The van der Waals surface area contributed by atoms with Gasteiger partial charge in [-0.15, -0.1) is 0 Å². The maximum Gasteiger partial charge on any atom is 0.118 e. The maximum absolute atomic E-state index is 5.53. The van der Waals surface area contributed by atoms with Crippen molar-refractivity contribution in [3.05, 3.63) is 47.8 Å². The summed E-state index contributed by atoms with van der Waals surface area (Å²) < 4.78 is 10.6. The molecule has 2 heterocycles. The monoisotopic (exact) mass is 220 g/mol. The molecule has 16 heavy (non-hydrogen) atoms. The fourth-order valence-corrected chi connectivity index (χ4v) is 1.63. The Labute approximate surface area is 94.6 Å². The summed E-state index contributed by atoms with van der Waals surface area (Å²) in [5.41, 5.74) is 6.64. The van der Waals surface area contributed by atoms with Gasteiger partial charge in [-0.2, -0.15) is 0 Å². The molecule has 0 amide bonds. The molecule has 0 bridgehead atoms. The van der Waals surface area contributed by atoms with Gasteiger partial charge in [0.05, 0.1) is 25.6 Å². The SMILES string of the molecule is CN(Cc1ccoc1)Cc1ccc(CN)o1. The summed E-state index contributed by atoms with van der Waals surface area (Å²) in [6.07, 6.45) is 3.44. The Morgan fingerprint density at radius 3 is 2.62 bits per heavy atom. The van der Waals surface area contributed by atoms with E-state index in [9.17, 15) is 0 Å². The highest BCUT2D eigenvalue weighted by Crippen LogP contribution is 2.11. The molecule has 4 heteroatoms. The largest absolute Gasteiger partial charge is 0.472 e. The minimum Gasteiger partial charge on any atom is -0.472 e. The molecular formula is C12H16N2O2. The molecule has 0 saturated heterocycles. The van der Waals surface area contributed by atoms with Crippen LogP contribution in [0.15, 0.2) is 39.6 Å². The van der Waals surface area contributed by atoms with Crippen molar-refractivity contribution in [2.24, 2.45) is 5.73 Å². The van der Waals surface area contributed by atoms with Crippen LogP contribution in [-0.2, 0) is 19.6 Å². The number of rotatable bonds is 5. The summed E-state index contributed by atoms with van der Waals surface area (Å²) in [6.45, 7) is 2.06. The van der Waals surface area contributed by atoms with E-state index in [1.54, 1.807) is 12.5 Å². The molecule has 86 valence electrons. The second-order valence-electron chi connectivity index (χ2n) is 3.88. The van der Waals surface area contributed by atoms with Gasteiger partial charge in [-0.1, -0.05) is 0 Å². The minimum absolute atomic E-state index is 0.450. The van der Waals surface area contributed by atoms with E-state index in [1.165, 1.54) is 0 Å². The highest BCUT2D eigenvalue weighted by Gasteiger charge is 2.06. The first-order valence-electron chi connectivity index (χ1n) is 5.25. The normalized spacial score (nSPS) is 11.2. The zero-order valence-electron chi connectivity index (χ0n) is 9.35. The van der Waals surface area contributed by atoms with Crippen molar-refractivity contribution in [2.75, 3.05) is 7.05 Å². The van der Waals surface area contributed by atoms with Crippen LogP contribution in [0.25, 0.3) is 0 Å². The molecule has 0 fully saturated rings. The summed E-state index contributed by atoms with van der Waals surface area (Å²) in [5, 5.41) is 0. The fraction of sp³-hybridized carbons (Fsp3) is 0.333. The average Bonchev–Trinajstić information content (AvgIpc) is 2.89. The predicted molar refractivity (Wildman–Crippen MR) is 60.5 cm³/mol. The lowest BCUT2D eigenvalue weighted by atomic mass is 10.3. The Morgan fingerprint density at radius 1 is 1.19 bits per heavy atom. The van der Waals surface area contributed by atoms with E-state index in [-0.39, 0.29) is 0 Å². The van der Waals surface area contributed by atoms with Crippen molar-refractivity contribution in [1.82, 2.24) is 4.90 Å². The van der Waals surface area contributed by atoms with Crippen LogP contribution in [0.1, 0.15) is 17.1 Å². The molecule has 4 nitrogen and oxygen atoms in total. The molecule has 2 aromatic heterocycles. The van der Waals surface area contributed by atoms with Crippen LogP contribution in [0, 0.1) is 0 Å². The lowest BCUT2D eigenvalue weighted by molar-refractivity contribution is 0.283. The van der Waals surface area contributed by atoms with E-state index >= 15 is 0 Å². The molecule has 0 atom stereocenters. The third-order valence-electron chi connectivity index (χ3n) is 2.38. The van der Waals surface area contributed by atoms with E-state index < -0.39 is 0 Å². The van der Waals surface area contributed by atoms with Crippen molar-refractivity contribution in [2.45, 2.75) is 19.6 Å². The number of hydrogen-bond acceptors (Lipinski definition) is 4. The quantitative estimate of drug-likeness (QED) is 0.837. The van der Waals surface area contributed by atoms with Gasteiger partial charge >= 0.3 is 0 Å².